The second-order valence-electron chi connectivity index (χ2n) is 6.89. The summed E-state index contributed by atoms with van der Waals surface area (Å²) in [6, 6.07) is 10.2. The van der Waals surface area contributed by atoms with Gasteiger partial charge in [-0.1, -0.05) is 42.9 Å². The molecule has 6 nitrogen and oxygen atoms in total. The second kappa shape index (κ2) is 9.37. The molecule has 6 heteroatoms. The predicted octanol–water partition coefficient (Wildman–Crippen LogP) is 2.85. The zero-order valence-electron chi connectivity index (χ0n) is 16.0. The molecule has 1 N–H and O–H groups in total. The zero-order valence-corrected chi connectivity index (χ0v) is 16.0. The van der Waals surface area contributed by atoms with Gasteiger partial charge in [-0.2, -0.15) is 0 Å². The summed E-state index contributed by atoms with van der Waals surface area (Å²) in [6.07, 6.45) is 4.00. The lowest BCUT2D eigenvalue weighted by Gasteiger charge is -2.05. The molecule has 28 heavy (non-hydrogen) atoms. The number of aromatic nitrogens is 2. The number of aryl methyl sites for hydroxylation is 2. The van der Waals surface area contributed by atoms with Gasteiger partial charge in [-0.15, -0.1) is 0 Å². The third-order valence-corrected chi connectivity index (χ3v) is 4.82. The number of hydrogen-bond acceptors (Lipinski definition) is 4. The predicted molar refractivity (Wildman–Crippen MR) is 108 cm³/mol. The summed E-state index contributed by atoms with van der Waals surface area (Å²) in [4.78, 5) is 10.4. The lowest BCUT2D eigenvalue weighted by Crippen LogP contribution is -2.26. The van der Waals surface area contributed by atoms with Crippen molar-refractivity contribution in [1.29, 1.82) is 0 Å². The minimum atomic E-state index is -0.872. The molecule has 0 radical (unpaired) electrons. The van der Waals surface area contributed by atoms with E-state index < -0.39 is 5.97 Å². The van der Waals surface area contributed by atoms with Gasteiger partial charge in [0.2, 0.25) is 0 Å². The van der Waals surface area contributed by atoms with Gasteiger partial charge < -0.3 is 18.9 Å². The second-order valence-corrected chi connectivity index (χ2v) is 6.89. The summed E-state index contributed by atoms with van der Waals surface area (Å²) in [5.41, 5.74) is 2.10. The number of fused-ring (bicyclic) bond motifs is 1. The first-order valence-electron chi connectivity index (χ1n) is 9.55. The van der Waals surface area contributed by atoms with Crippen LogP contribution in [0.4, 0.5) is 0 Å². The van der Waals surface area contributed by atoms with Gasteiger partial charge in [0.15, 0.2) is 5.76 Å². The fraction of sp³-hybridized carbons (Fsp3) is 0.364. The van der Waals surface area contributed by atoms with Gasteiger partial charge in [0.1, 0.15) is 6.61 Å². The molecule has 0 saturated carbocycles. The highest BCUT2D eigenvalue weighted by molar-refractivity contribution is 5.81. The molecule has 0 bridgehead atoms. The van der Waals surface area contributed by atoms with Crippen molar-refractivity contribution in [2.75, 3.05) is 6.61 Å². The Morgan fingerprint density at radius 3 is 2.86 bits per heavy atom. The van der Waals surface area contributed by atoms with Crippen molar-refractivity contribution in [2.45, 2.75) is 45.3 Å². The van der Waals surface area contributed by atoms with Crippen LogP contribution in [0.5, 0.6) is 0 Å². The lowest BCUT2D eigenvalue weighted by atomic mass is 10.1. The summed E-state index contributed by atoms with van der Waals surface area (Å²) < 4.78 is 12.7. The van der Waals surface area contributed by atoms with Gasteiger partial charge >= 0.3 is 5.97 Å². The van der Waals surface area contributed by atoms with Crippen molar-refractivity contribution in [1.82, 2.24) is 9.72 Å². The largest absolute Gasteiger partial charge is 0.481 e. The van der Waals surface area contributed by atoms with Crippen molar-refractivity contribution < 1.29 is 19.2 Å². The van der Waals surface area contributed by atoms with E-state index in [4.69, 9.17) is 14.4 Å². The number of rotatable bonds is 11. The van der Waals surface area contributed by atoms with Gasteiger partial charge in [0.05, 0.1) is 18.7 Å². The van der Waals surface area contributed by atoms with Crippen LogP contribution in [0.15, 0.2) is 34.9 Å². The van der Waals surface area contributed by atoms with Crippen molar-refractivity contribution in [2.24, 2.45) is 0 Å². The van der Waals surface area contributed by atoms with E-state index in [1.165, 1.54) is 10.9 Å². The third-order valence-electron chi connectivity index (χ3n) is 4.82. The molecule has 2 heterocycles. The third kappa shape index (κ3) is 4.89. The quantitative estimate of drug-likeness (QED) is 0.516. The van der Waals surface area contributed by atoms with Gasteiger partial charge in [-0.3, -0.25) is 4.79 Å². The fourth-order valence-electron chi connectivity index (χ4n) is 3.31. The highest BCUT2D eigenvalue weighted by Crippen LogP contribution is 2.12. The van der Waals surface area contributed by atoms with E-state index in [-0.39, 0.29) is 19.6 Å². The van der Waals surface area contributed by atoms with E-state index >= 15 is 0 Å². The molecule has 0 fully saturated rings. The summed E-state index contributed by atoms with van der Waals surface area (Å²) in [6.45, 7) is 9.68. The van der Waals surface area contributed by atoms with Gasteiger partial charge in [0, 0.05) is 28.9 Å². The molecule has 0 atom stereocenters. The molecule has 0 aliphatic rings. The zero-order chi connectivity index (χ0) is 19.9. The highest BCUT2D eigenvalue weighted by atomic mass is 16.5. The van der Waals surface area contributed by atoms with E-state index in [2.05, 4.69) is 35.0 Å². The number of benzene rings is 1. The lowest BCUT2D eigenvalue weighted by molar-refractivity contribution is -0.138. The Morgan fingerprint density at radius 2 is 2.04 bits per heavy atom. The Bertz CT molecular complexity index is 1030. The molecular formula is C22H26N2O4. The number of para-hydroxylation sites is 1. The van der Waals surface area contributed by atoms with Crippen LogP contribution in [-0.2, 0) is 29.1 Å². The maximum absolute atomic E-state index is 10.4. The summed E-state index contributed by atoms with van der Waals surface area (Å²) in [7, 11) is 0. The van der Waals surface area contributed by atoms with Crippen LogP contribution in [0.3, 0.4) is 0 Å². The monoisotopic (exact) mass is 382 g/mol. The molecule has 3 aromatic rings. The van der Waals surface area contributed by atoms with Crippen LogP contribution in [0.2, 0.25) is 0 Å². The molecule has 0 aliphatic carbocycles. The fourth-order valence-corrected chi connectivity index (χ4v) is 3.31. The summed E-state index contributed by atoms with van der Waals surface area (Å²) in [5, 5.41) is 15.8. The minimum absolute atomic E-state index is 0.0117. The van der Waals surface area contributed by atoms with E-state index in [1.54, 1.807) is 0 Å². The van der Waals surface area contributed by atoms with Crippen LogP contribution >= 0.6 is 0 Å². The van der Waals surface area contributed by atoms with Crippen molar-refractivity contribution in [3.8, 4) is 0 Å². The van der Waals surface area contributed by atoms with E-state index in [1.807, 2.05) is 18.2 Å². The first-order chi connectivity index (χ1) is 13.6. The van der Waals surface area contributed by atoms with Crippen LogP contribution in [0.25, 0.3) is 24.1 Å². The van der Waals surface area contributed by atoms with Crippen LogP contribution in [0, 0.1) is 0 Å². The van der Waals surface area contributed by atoms with E-state index in [0.717, 1.165) is 48.5 Å². The number of carboxylic acids is 1. The van der Waals surface area contributed by atoms with Crippen LogP contribution in [0.1, 0.15) is 37.1 Å². The summed E-state index contributed by atoms with van der Waals surface area (Å²) >= 11 is 0. The first-order valence-corrected chi connectivity index (χ1v) is 9.55. The van der Waals surface area contributed by atoms with Crippen molar-refractivity contribution in [3.63, 3.8) is 0 Å². The first kappa shape index (κ1) is 19.9. The Morgan fingerprint density at radius 1 is 1.21 bits per heavy atom. The normalized spacial score (nSPS) is 11.3. The number of carboxylic acid groups (broad SMARTS) is 1. The van der Waals surface area contributed by atoms with Crippen molar-refractivity contribution in [3.05, 3.63) is 52.4 Å². The maximum Gasteiger partial charge on any atom is 0.305 e. The smallest absolute Gasteiger partial charge is 0.305 e. The number of unbranched alkanes of at least 4 members (excludes halogenated alkanes) is 2. The van der Waals surface area contributed by atoms with Crippen LogP contribution < -0.4 is 10.6 Å². The van der Waals surface area contributed by atoms with Crippen LogP contribution in [-0.4, -0.2) is 27.4 Å². The number of carbonyl (C=O) groups is 1. The average Bonchev–Trinajstić information content (AvgIpc) is 3.23. The van der Waals surface area contributed by atoms with E-state index in [0.29, 0.717) is 5.76 Å². The molecule has 3 rings (SSSR count). The molecular weight excluding hydrogens is 356 g/mol. The van der Waals surface area contributed by atoms with E-state index in [9.17, 15) is 4.79 Å². The SMILES string of the molecule is C=c1c(=C)n(CCCCCc2cc(COCCC(=O)O)on2)c2ccccc12. The Kier molecular flexibility index (Phi) is 6.66. The molecule has 1 aromatic carbocycles. The molecule has 2 aromatic heterocycles. The number of nitrogens with zero attached hydrogens (tertiary/aromatic N) is 2. The molecule has 0 amide bonds. The number of aliphatic carboxylic acids is 1. The Labute approximate surface area is 163 Å². The molecule has 0 unspecified atom stereocenters. The van der Waals surface area contributed by atoms with Gasteiger partial charge in [-0.25, -0.2) is 0 Å². The maximum atomic E-state index is 10.4. The minimum Gasteiger partial charge on any atom is -0.481 e. The van der Waals surface area contributed by atoms with Gasteiger partial charge in [-0.05, 0) is 30.5 Å². The Hall–Kier alpha value is -2.86. The average molecular weight is 382 g/mol. The topological polar surface area (TPSA) is 77.5 Å². The molecule has 0 saturated heterocycles. The number of hydrogen-bond donors (Lipinski definition) is 1. The molecule has 148 valence electrons. The molecule has 0 aliphatic heterocycles. The standard InChI is InChI=1S/C22H26N2O4/c1-16-17(2)24(21-10-6-5-9-20(16)21)12-7-3-4-8-18-14-19(28-23-18)15-27-13-11-22(25)26/h5-6,9-10,14H,1-4,7-8,11-13,15H2,(H,25,26). The Balaban J connectivity index is 1.41. The van der Waals surface area contributed by atoms with Crippen molar-refractivity contribution >= 4 is 30.0 Å². The highest BCUT2D eigenvalue weighted by Gasteiger charge is 2.07. The molecule has 0 spiro atoms. The summed E-state index contributed by atoms with van der Waals surface area (Å²) in [5.74, 6) is -0.243. The van der Waals surface area contributed by atoms with Gasteiger partial charge in [0.25, 0.3) is 0 Å². The number of ether oxygens (including phenoxy) is 1.